The van der Waals surface area contributed by atoms with Crippen molar-refractivity contribution >= 4 is 22.8 Å². The lowest BCUT2D eigenvalue weighted by molar-refractivity contribution is 0.112. The summed E-state index contributed by atoms with van der Waals surface area (Å²) in [6.07, 6.45) is 2.30. The Morgan fingerprint density at radius 1 is 1.40 bits per heavy atom. The zero-order valence-electron chi connectivity index (χ0n) is 7.83. The van der Waals surface area contributed by atoms with Crippen molar-refractivity contribution in [2.75, 3.05) is 5.73 Å². The third-order valence-corrected chi connectivity index (χ3v) is 2.12. The lowest BCUT2D eigenvalue weighted by Gasteiger charge is -1.91. The van der Waals surface area contributed by atoms with E-state index in [1.165, 1.54) is 17.4 Å². The maximum atomic E-state index is 10.1. The number of hydrogen-bond donors (Lipinski definition) is 2. The number of nitrogen functional groups attached to an aromatic ring is 1. The first-order chi connectivity index (χ1) is 7.24. The molecule has 0 radical (unpaired) electrons. The minimum atomic E-state index is 0.0347. The van der Waals surface area contributed by atoms with Gasteiger partial charge in [0.2, 0.25) is 0 Å². The van der Waals surface area contributed by atoms with Gasteiger partial charge >= 0.3 is 0 Å². The van der Waals surface area contributed by atoms with Crippen molar-refractivity contribution < 1.29 is 9.90 Å². The van der Waals surface area contributed by atoms with Crippen molar-refractivity contribution in [1.82, 2.24) is 4.98 Å². The normalized spacial score (nSPS) is 8.80. The molecule has 1 heterocycles. The van der Waals surface area contributed by atoms with E-state index < -0.39 is 0 Å². The van der Waals surface area contributed by atoms with Crippen LogP contribution in [0.15, 0.2) is 35.8 Å². The topological polar surface area (TPSA) is 76.2 Å². The summed E-state index contributed by atoms with van der Waals surface area (Å²) in [4.78, 5) is 13.8. The van der Waals surface area contributed by atoms with Gasteiger partial charge in [-0.2, -0.15) is 0 Å². The summed E-state index contributed by atoms with van der Waals surface area (Å²) >= 11 is 1.44. The number of hydrogen-bond acceptors (Lipinski definition) is 5. The fourth-order valence-electron chi connectivity index (χ4n) is 0.822. The monoisotopic (exact) mass is 222 g/mol. The summed E-state index contributed by atoms with van der Waals surface area (Å²) < 4.78 is 0. The highest BCUT2D eigenvalue weighted by Gasteiger charge is 1.93. The Morgan fingerprint density at radius 3 is 2.47 bits per heavy atom. The smallest absolute Gasteiger partial charge is 0.179 e. The van der Waals surface area contributed by atoms with Gasteiger partial charge in [-0.3, -0.25) is 4.79 Å². The quantitative estimate of drug-likeness (QED) is 0.723. The number of aldehydes is 1. The number of para-hydroxylation sites is 1. The van der Waals surface area contributed by atoms with Crippen LogP contribution in [0.1, 0.15) is 10.4 Å². The second kappa shape index (κ2) is 5.77. The molecule has 78 valence electrons. The summed E-state index contributed by atoms with van der Waals surface area (Å²) in [7, 11) is 0. The molecule has 0 saturated carbocycles. The average Bonchev–Trinajstić information content (AvgIpc) is 2.71. The number of nitrogens with two attached hydrogens (primary N) is 1. The summed E-state index contributed by atoms with van der Waals surface area (Å²) in [5.74, 6) is 0.0347. The van der Waals surface area contributed by atoms with E-state index in [1.54, 1.807) is 24.4 Å². The molecule has 1 aromatic carbocycles. The highest BCUT2D eigenvalue weighted by atomic mass is 32.1. The number of nitrogens with zero attached hydrogens (tertiary/aromatic N) is 1. The number of benzene rings is 1. The van der Waals surface area contributed by atoms with E-state index in [2.05, 4.69) is 4.98 Å². The number of carbonyl (C=O) groups excluding carboxylic acids is 1. The zero-order chi connectivity index (χ0) is 11.1. The first kappa shape index (κ1) is 11.2. The Bertz CT molecular complexity index is 415. The molecule has 0 saturated heterocycles. The largest absolute Gasteiger partial charge is 0.507 e. The minimum absolute atomic E-state index is 0.0347. The predicted octanol–water partition coefficient (Wildman–Crippen LogP) is 1.93. The van der Waals surface area contributed by atoms with Gasteiger partial charge in [-0.1, -0.05) is 12.1 Å². The summed E-state index contributed by atoms with van der Waals surface area (Å²) in [5, 5.41) is 11.4. The van der Waals surface area contributed by atoms with Crippen LogP contribution in [-0.2, 0) is 0 Å². The molecule has 0 fully saturated rings. The van der Waals surface area contributed by atoms with Crippen LogP contribution in [0.2, 0.25) is 0 Å². The van der Waals surface area contributed by atoms with E-state index >= 15 is 0 Å². The third-order valence-electron chi connectivity index (χ3n) is 1.52. The van der Waals surface area contributed by atoms with Gasteiger partial charge < -0.3 is 10.8 Å². The number of carbonyl (C=O) groups is 1. The Balaban J connectivity index is 0.000000162. The molecule has 2 aromatic rings. The van der Waals surface area contributed by atoms with E-state index in [0.717, 1.165) is 0 Å². The van der Waals surface area contributed by atoms with Gasteiger partial charge in [0.1, 0.15) is 5.75 Å². The SMILES string of the molecule is Nc1nccs1.O=Cc1ccccc1O. The van der Waals surface area contributed by atoms with Crippen LogP contribution in [-0.4, -0.2) is 16.4 Å². The molecular weight excluding hydrogens is 212 g/mol. The Kier molecular flexibility index (Phi) is 4.30. The van der Waals surface area contributed by atoms with Crippen molar-refractivity contribution in [3.8, 4) is 5.75 Å². The molecule has 0 aliphatic rings. The maximum Gasteiger partial charge on any atom is 0.179 e. The van der Waals surface area contributed by atoms with Gasteiger partial charge in [-0.05, 0) is 12.1 Å². The molecule has 0 unspecified atom stereocenters. The Morgan fingerprint density at radius 2 is 2.13 bits per heavy atom. The van der Waals surface area contributed by atoms with Crippen LogP contribution in [0.25, 0.3) is 0 Å². The van der Waals surface area contributed by atoms with E-state index in [4.69, 9.17) is 10.8 Å². The van der Waals surface area contributed by atoms with Gasteiger partial charge in [0.25, 0.3) is 0 Å². The molecule has 1 aromatic heterocycles. The fraction of sp³-hybridized carbons (Fsp3) is 0. The fourth-order valence-corrected chi connectivity index (χ4v) is 1.20. The lowest BCUT2D eigenvalue weighted by atomic mass is 10.2. The Hall–Kier alpha value is -1.88. The highest BCUT2D eigenvalue weighted by Crippen LogP contribution is 2.11. The van der Waals surface area contributed by atoms with Crippen molar-refractivity contribution in [3.05, 3.63) is 41.4 Å². The van der Waals surface area contributed by atoms with Crippen LogP contribution in [0.3, 0.4) is 0 Å². The molecule has 2 rings (SSSR count). The van der Waals surface area contributed by atoms with E-state index in [9.17, 15) is 4.79 Å². The molecule has 0 aliphatic carbocycles. The number of aromatic nitrogens is 1. The predicted molar refractivity (Wildman–Crippen MR) is 60.0 cm³/mol. The van der Waals surface area contributed by atoms with Crippen LogP contribution >= 0.6 is 11.3 Å². The van der Waals surface area contributed by atoms with Gasteiger partial charge in [0, 0.05) is 11.6 Å². The van der Waals surface area contributed by atoms with Crippen molar-refractivity contribution in [3.63, 3.8) is 0 Å². The first-order valence-corrected chi connectivity index (χ1v) is 5.00. The molecule has 0 bridgehead atoms. The van der Waals surface area contributed by atoms with Gasteiger partial charge in [-0.25, -0.2) is 4.98 Å². The summed E-state index contributed by atoms with van der Waals surface area (Å²) in [6.45, 7) is 0. The molecule has 15 heavy (non-hydrogen) atoms. The van der Waals surface area contributed by atoms with Crippen molar-refractivity contribution in [1.29, 1.82) is 0 Å². The van der Waals surface area contributed by atoms with Crippen molar-refractivity contribution in [2.24, 2.45) is 0 Å². The molecule has 0 spiro atoms. The second-order valence-electron chi connectivity index (χ2n) is 2.55. The molecular formula is C10H10N2O2S. The zero-order valence-corrected chi connectivity index (χ0v) is 8.65. The first-order valence-electron chi connectivity index (χ1n) is 4.12. The van der Waals surface area contributed by atoms with Crippen LogP contribution < -0.4 is 5.73 Å². The second-order valence-corrected chi connectivity index (χ2v) is 3.47. The van der Waals surface area contributed by atoms with Crippen LogP contribution in [0.5, 0.6) is 5.75 Å². The van der Waals surface area contributed by atoms with Crippen molar-refractivity contribution in [2.45, 2.75) is 0 Å². The average molecular weight is 222 g/mol. The standard InChI is InChI=1S/C7H6O2.C3H4N2S/c8-5-6-3-1-2-4-7(6)9;4-3-5-1-2-6-3/h1-5,9H;1-2H,(H2,4,5). The molecule has 0 amide bonds. The molecule has 0 atom stereocenters. The molecule has 3 N–H and O–H groups in total. The van der Waals surface area contributed by atoms with Crippen LogP contribution in [0, 0.1) is 0 Å². The maximum absolute atomic E-state index is 10.1. The number of phenolic OH excluding ortho intramolecular Hbond substituents is 1. The summed E-state index contributed by atoms with van der Waals surface area (Å²) in [5.41, 5.74) is 5.52. The molecule has 0 aliphatic heterocycles. The number of phenols is 1. The van der Waals surface area contributed by atoms with Gasteiger partial charge in [0.05, 0.1) is 5.56 Å². The number of rotatable bonds is 1. The minimum Gasteiger partial charge on any atom is -0.507 e. The van der Waals surface area contributed by atoms with Gasteiger partial charge in [0.15, 0.2) is 11.4 Å². The Labute approximate surface area is 91.0 Å². The van der Waals surface area contributed by atoms with E-state index in [0.29, 0.717) is 17.0 Å². The van der Waals surface area contributed by atoms with Gasteiger partial charge in [-0.15, -0.1) is 11.3 Å². The summed E-state index contributed by atoms with van der Waals surface area (Å²) in [6, 6.07) is 6.40. The molecule has 5 heteroatoms. The third kappa shape index (κ3) is 3.78. The number of thiazole rings is 1. The number of aromatic hydroxyl groups is 1. The van der Waals surface area contributed by atoms with E-state index in [-0.39, 0.29) is 5.75 Å². The highest BCUT2D eigenvalue weighted by molar-refractivity contribution is 7.13. The molecule has 4 nitrogen and oxygen atoms in total. The van der Waals surface area contributed by atoms with Crippen LogP contribution in [0.4, 0.5) is 5.13 Å². The van der Waals surface area contributed by atoms with E-state index in [1.807, 2.05) is 5.38 Å². The number of anilines is 1. The lowest BCUT2D eigenvalue weighted by Crippen LogP contribution is -1.77.